The molecule has 1 aliphatic rings. The maximum absolute atomic E-state index is 12.2. The largest absolute Gasteiger partial charge is 0.350 e. The van der Waals surface area contributed by atoms with Crippen LogP contribution in [0.25, 0.3) is 5.65 Å². The minimum absolute atomic E-state index is 0.0203. The first-order chi connectivity index (χ1) is 9.66. The van der Waals surface area contributed by atoms with Crippen molar-refractivity contribution in [3.8, 4) is 0 Å². The van der Waals surface area contributed by atoms with E-state index in [0.717, 1.165) is 19.5 Å². The fourth-order valence-corrected chi connectivity index (χ4v) is 2.48. The summed E-state index contributed by atoms with van der Waals surface area (Å²) < 4.78 is 2.65. The number of hydrogen-bond acceptors (Lipinski definition) is 4. The van der Waals surface area contributed by atoms with Gasteiger partial charge in [-0.1, -0.05) is 6.07 Å². The molecule has 0 aliphatic carbocycles. The van der Waals surface area contributed by atoms with Gasteiger partial charge in [-0.25, -0.2) is 9.48 Å². The van der Waals surface area contributed by atoms with Gasteiger partial charge in [0.15, 0.2) is 5.65 Å². The van der Waals surface area contributed by atoms with Crippen molar-refractivity contribution in [2.45, 2.75) is 19.0 Å². The van der Waals surface area contributed by atoms with Gasteiger partial charge in [-0.15, -0.1) is 5.10 Å². The van der Waals surface area contributed by atoms with Crippen molar-refractivity contribution in [1.82, 2.24) is 24.4 Å². The van der Waals surface area contributed by atoms with Crippen LogP contribution in [0.1, 0.15) is 6.42 Å². The first-order valence-electron chi connectivity index (χ1n) is 6.67. The molecule has 1 unspecified atom stereocenters. The topological polar surface area (TPSA) is 71.6 Å². The summed E-state index contributed by atoms with van der Waals surface area (Å²) in [6.45, 7) is 1.71. The van der Waals surface area contributed by atoms with Crippen LogP contribution in [-0.4, -0.2) is 51.2 Å². The molecule has 20 heavy (non-hydrogen) atoms. The first kappa shape index (κ1) is 12.9. The van der Waals surface area contributed by atoms with Crippen molar-refractivity contribution in [2.75, 3.05) is 20.1 Å². The lowest BCUT2D eigenvalue weighted by Gasteiger charge is -2.23. The van der Waals surface area contributed by atoms with Gasteiger partial charge in [0.1, 0.15) is 6.54 Å². The summed E-state index contributed by atoms with van der Waals surface area (Å²) >= 11 is 0. The molecule has 0 spiro atoms. The Kier molecular flexibility index (Phi) is 3.27. The summed E-state index contributed by atoms with van der Waals surface area (Å²) in [5, 5.41) is 7.39. The van der Waals surface area contributed by atoms with E-state index in [1.807, 2.05) is 6.07 Å². The maximum atomic E-state index is 12.2. The van der Waals surface area contributed by atoms with Crippen molar-refractivity contribution in [1.29, 1.82) is 0 Å². The van der Waals surface area contributed by atoms with Crippen LogP contribution in [0.15, 0.2) is 29.2 Å². The third-order valence-electron chi connectivity index (χ3n) is 3.75. The molecule has 0 aromatic carbocycles. The summed E-state index contributed by atoms with van der Waals surface area (Å²) in [4.78, 5) is 26.0. The number of carbonyl (C=O) groups excluding carboxylic acids is 1. The van der Waals surface area contributed by atoms with Gasteiger partial charge in [0.05, 0.1) is 0 Å². The number of amides is 1. The Labute approximate surface area is 115 Å². The molecule has 1 fully saturated rings. The van der Waals surface area contributed by atoms with Crippen molar-refractivity contribution in [3.63, 3.8) is 0 Å². The maximum Gasteiger partial charge on any atom is 0.350 e. The van der Waals surface area contributed by atoms with Crippen molar-refractivity contribution >= 4 is 11.6 Å². The van der Waals surface area contributed by atoms with E-state index in [0.29, 0.717) is 5.65 Å². The highest BCUT2D eigenvalue weighted by molar-refractivity contribution is 5.76. The van der Waals surface area contributed by atoms with E-state index in [1.54, 1.807) is 30.3 Å². The number of aromatic nitrogens is 3. The van der Waals surface area contributed by atoms with Crippen LogP contribution in [0.5, 0.6) is 0 Å². The number of carbonyl (C=O) groups is 1. The summed E-state index contributed by atoms with van der Waals surface area (Å²) in [7, 11) is 1.78. The van der Waals surface area contributed by atoms with Gasteiger partial charge in [-0.2, -0.15) is 0 Å². The van der Waals surface area contributed by atoms with Crippen molar-refractivity contribution < 1.29 is 4.79 Å². The van der Waals surface area contributed by atoms with Crippen molar-refractivity contribution in [3.05, 3.63) is 34.9 Å². The molecule has 0 radical (unpaired) electrons. The van der Waals surface area contributed by atoms with Gasteiger partial charge in [0, 0.05) is 25.8 Å². The molecule has 2 aromatic rings. The lowest BCUT2D eigenvalue weighted by Crippen LogP contribution is -2.41. The Balaban J connectivity index is 1.80. The first-order valence-corrected chi connectivity index (χ1v) is 6.67. The smallest absolute Gasteiger partial charge is 0.340 e. The highest BCUT2D eigenvalue weighted by Gasteiger charge is 2.24. The molecule has 106 valence electrons. The average molecular weight is 275 g/mol. The molecule has 3 heterocycles. The van der Waals surface area contributed by atoms with E-state index in [4.69, 9.17) is 0 Å². The Hall–Kier alpha value is -2.15. The molecule has 3 rings (SSSR count). The lowest BCUT2D eigenvalue weighted by atomic mass is 10.2. The summed E-state index contributed by atoms with van der Waals surface area (Å²) in [6.07, 6.45) is 2.60. The monoisotopic (exact) mass is 275 g/mol. The van der Waals surface area contributed by atoms with E-state index in [1.165, 1.54) is 9.08 Å². The second-order valence-corrected chi connectivity index (χ2v) is 5.02. The zero-order valence-electron chi connectivity index (χ0n) is 11.3. The second-order valence-electron chi connectivity index (χ2n) is 5.02. The zero-order valence-corrected chi connectivity index (χ0v) is 11.3. The number of fused-ring (bicyclic) bond motifs is 1. The molecule has 1 N–H and O–H groups in total. The normalized spacial score (nSPS) is 18.6. The lowest BCUT2D eigenvalue weighted by molar-refractivity contribution is -0.132. The zero-order chi connectivity index (χ0) is 14.1. The standard InChI is InChI=1S/C13H17N5O2/c1-16(10-5-6-14-8-10)12(19)9-18-13(20)17-7-3-2-4-11(17)15-18/h2-4,7,10,14H,5-6,8-9H2,1H3. The second kappa shape index (κ2) is 5.09. The van der Waals surface area contributed by atoms with E-state index in [9.17, 15) is 9.59 Å². The molecule has 7 nitrogen and oxygen atoms in total. The number of hydrogen-bond donors (Lipinski definition) is 1. The van der Waals surface area contributed by atoms with Crippen LogP contribution in [0.4, 0.5) is 0 Å². The van der Waals surface area contributed by atoms with Crippen LogP contribution in [-0.2, 0) is 11.3 Å². The minimum atomic E-state index is -0.285. The summed E-state index contributed by atoms with van der Waals surface area (Å²) in [5.74, 6) is -0.0933. The molecular formula is C13H17N5O2. The average Bonchev–Trinajstić information content (AvgIpc) is 3.08. The molecule has 1 aliphatic heterocycles. The van der Waals surface area contributed by atoms with Gasteiger partial charge in [0.2, 0.25) is 5.91 Å². The minimum Gasteiger partial charge on any atom is -0.340 e. The Morgan fingerprint density at radius 3 is 3.10 bits per heavy atom. The Morgan fingerprint density at radius 2 is 2.40 bits per heavy atom. The highest BCUT2D eigenvalue weighted by atomic mass is 16.2. The van der Waals surface area contributed by atoms with Crippen LogP contribution in [0.2, 0.25) is 0 Å². The molecule has 1 amide bonds. The number of rotatable bonds is 3. The third-order valence-corrected chi connectivity index (χ3v) is 3.75. The third kappa shape index (κ3) is 2.20. The van der Waals surface area contributed by atoms with Gasteiger partial charge in [-0.05, 0) is 25.1 Å². The van der Waals surface area contributed by atoms with Crippen LogP contribution >= 0.6 is 0 Å². The highest BCUT2D eigenvalue weighted by Crippen LogP contribution is 2.06. The van der Waals surface area contributed by atoms with E-state index in [2.05, 4.69) is 10.4 Å². The fourth-order valence-electron chi connectivity index (χ4n) is 2.48. The molecule has 2 aromatic heterocycles. The molecule has 1 saturated heterocycles. The van der Waals surface area contributed by atoms with E-state index in [-0.39, 0.29) is 24.2 Å². The van der Waals surface area contributed by atoms with Crippen molar-refractivity contribution in [2.24, 2.45) is 0 Å². The predicted octanol–water partition coefficient (Wildman–Crippen LogP) is -0.684. The van der Waals surface area contributed by atoms with E-state index < -0.39 is 0 Å². The molecule has 1 atom stereocenters. The number of pyridine rings is 1. The summed E-state index contributed by atoms with van der Waals surface area (Å²) in [5.41, 5.74) is 0.266. The molecular weight excluding hydrogens is 258 g/mol. The molecule has 0 saturated carbocycles. The molecule has 0 bridgehead atoms. The van der Waals surface area contributed by atoms with Gasteiger partial charge >= 0.3 is 5.69 Å². The number of likely N-dealkylation sites (N-methyl/N-ethyl adjacent to an activating group) is 1. The van der Waals surface area contributed by atoms with Gasteiger partial charge in [0.25, 0.3) is 0 Å². The number of nitrogens with one attached hydrogen (secondary N) is 1. The van der Waals surface area contributed by atoms with Gasteiger partial charge < -0.3 is 10.2 Å². The molecule has 7 heteroatoms. The van der Waals surface area contributed by atoms with Crippen LogP contribution in [0.3, 0.4) is 0 Å². The SMILES string of the molecule is CN(C(=O)Cn1nc2ccccn2c1=O)C1CCNC1. The summed E-state index contributed by atoms with van der Waals surface area (Å²) in [6, 6.07) is 5.52. The quantitative estimate of drug-likeness (QED) is 0.805. The van der Waals surface area contributed by atoms with Gasteiger partial charge in [-0.3, -0.25) is 9.20 Å². The van der Waals surface area contributed by atoms with Crippen LogP contribution in [0, 0.1) is 0 Å². The predicted molar refractivity (Wildman–Crippen MR) is 73.5 cm³/mol. The fraction of sp³-hybridized carbons (Fsp3) is 0.462. The Morgan fingerprint density at radius 1 is 1.55 bits per heavy atom. The van der Waals surface area contributed by atoms with Crippen LogP contribution < -0.4 is 11.0 Å². The number of nitrogens with zero attached hydrogens (tertiary/aromatic N) is 4. The van der Waals surface area contributed by atoms with E-state index >= 15 is 0 Å². The Bertz CT molecular complexity index is 683.